The fourth-order valence-corrected chi connectivity index (χ4v) is 5.94. The second-order valence-corrected chi connectivity index (χ2v) is 13.2. The predicted molar refractivity (Wildman–Crippen MR) is 169 cm³/mol. The van der Waals surface area contributed by atoms with E-state index in [4.69, 9.17) is 23.7 Å². The summed E-state index contributed by atoms with van der Waals surface area (Å²) in [6, 6.07) is 0. The molecule has 2 heterocycles. The van der Waals surface area contributed by atoms with Crippen molar-refractivity contribution in [2.45, 2.75) is 176 Å². The Hall–Kier alpha value is -1.62. The van der Waals surface area contributed by atoms with Gasteiger partial charge in [-0.05, 0) is 39.0 Å². The highest BCUT2D eigenvalue weighted by Gasteiger charge is 2.46. The minimum Gasteiger partial charge on any atom is -0.481 e. The maximum atomic E-state index is 13.4. The summed E-state index contributed by atoms with van der Waals surface area (Å²) in [5.74, 6) is -2.14. The largest absolute Gasteiger partial charge is 0.481 e. The molecule has 50 heavy (non-hydrogen) atoms. The van der Waals surface area contributed by atoms with Crippen LogP contribution >= 0.6 is 0 Å². The summed E-state index contributed by atoms with van der Waals surface area (Å²) in [6.07, 6.45) is -19.3. The Balaban J connectivity index is 2.22. The first kappa shape index (κ1) is 44.5. The molecule has 0 aromatic carbocycles. The van der Waals surface area contributed by atoms with Crippen molar-refractivity contribution in [1.82, 2.24) is 0 Å². The molecule has 294 valence electrons. The van der Waals surface area contributed by atoms with Crippen molar-refractivity contribution in [2.24, 2.45) is 0 Å². The number of carboxylic acids is 1. The van der Waals surface area contributed by atoms with Crippen LogP contribution in [0.2, 0.25) is 0 Å². The van der Waals surface area contributed by atoms with Crippen molar-refractivity contribution in [3.8, 4) is 0 Å². The molecule has 11 N–H and O–H groups in total. The topological polar surface area (TPSA) is 303 Å². The van der Waals surface area contributed by atoms with E-state index in [0.29, 0.717) is 19.3 Å². The van der Waals surface area contributed by atoms with Crippen LogP contribution in [-0.2, 0) is 33.3 Å². The third kappa shape index (κ3) is 14.4. The highest BCUT2D eigenvalue weighted by Crippen LogP contribution is 2.28. The van der Waals surface area contributed by atoms with Crippen LogP contribution in [0.15, 0.2) is 0 Å². The number of carbonyl (C=O) groups is 2. The Morgan fingerprint density at radius 3 is 1.64 bits per heavy atom. The van der Waals surface area contributed by atoms with Gasteiger partial charge in [0.1, 0.15) is 54.9 Å². The van der Waals surface area contributed by atoms with E-state index in [9.17, 15) is 65.8 Å². The molecule has 2 aliphatic rings. The van der Waals surface area contributed by atoms with Crippen molar-refractivity contribution >= 4 is 11.9 Å². The lowest BCUT2D eigenvalue weighted by Crippen LogP contribution is -2.59. The minimum atomic E-state index is -1.79. The van der Waals surface area contributed by atoms with Gasteiger partial charge in [0.2, 0.25) is 0 Å². The number of aliphatic carboxylic acids is 1. The third-order valence-corrected chi connectivity index (χ3v) is 8.79. The van der Waals surface area contributed by atoms with E-state index in [2.05, 4.69) is 0 Å². The summed E-state index contributed by atoms with van der Waals surface area (Å²) in [5.41, 5.74) is 0. The van der Waals surface area contributed by atoms with Crippen LogP contribution in [0.5, 0.6) is 0 Å². The first-order valence-electron chi connectivity index (χ1n) is 17.3. The number of hydrogen-bond donors (Lipinski definition) is 11. The van der Waals surface area contributed by atoms with Crippen molar-refractivity contribution in [3.05, 3.63) is 0 Å². The molecule has 2 rings (SSSR count). The van der Waals surface area contributed by atoms with Crippen LogP contribution in [-0.4, -0.2) is 173 Å². The first-order valence-corrected chi connectivity index (χ1v) is 17.3. The molecule has 0 spiro atoms. The summed E-state index contributed by atoms with van der Waals surface area (Å²) in [4.78, 5) is 25.1. The van der Waals surface area contributed by atoms with E-state index in [-0.39, 0.29) is 25.7 Å². The molecule has 0 saturated carbocycles. The molecule has 15 atom stereocenters. The molecule has 0 bridgehead atoms. The molecule has 0 aromatic heterocycles. The molecular formula is C32H58O18. The second-order valence-electron chi connectivity index (χ2n) is 13.2. The van der Waals surface area contributed by atoms with Crippen LogP contribution in [0.25, 0.3) is 0 Å². The average Bonchev–Trinajstić information content (AvgIpc) is 3.04. The summed E-state index contributed by atoms with van der Waals surface area (Å²) in [5, 5.41) is 110. The van der Waals surface area contributed by atoms with Gasteiger partial charge >= 0.3 is 11.9 Å². The molecule has 2 saturated heterocycles. The molecule has 18 nitrogen and oxygen atoms in total. The minimum absolute atomic E-state index is 0.174. The summed E-state index contributed by atoms with van der Waals surface area (Å²) in [6.45, 7) is 2.10. The number of unbranched alkanes of at least 4 members (excludes halogenated alkanes) is 2. The number of carboxylic acid groups (broad SMARTS) is 1. The summed E-state index contributed by atoms with van der Waals surface area (Å²) in [7, 11) is 0. The first-order chi connectivity index (χ1) is 23.6. The Bertz CT molecular complexity index is 967. The smallest absolute Gasteiger partial charge is 0.308 e. The molecule has 0 aliphatic carbocycles. The van der Waals surface area contributed by atoms with Gasteiger partial charge in [-0.3, -0.25) is 9.59 Å². The Morgan fingerprint density at radius 1 is 0.660 bits per heavy atom. The van der Waals surface area contributed by atoms with Crippen molar-refractivity contribution < 1.29 is 89.4 Å². The van der Waals surface area contributed by atoms with E-state index in [1.807, 2.05) is 6.92 Å². The van der Waals surface area contributed by atoms with Gasteiger partial charge in [-0.2, -0.15) is 0 Å². The number of aliphatic hydroxyl groups is 10. The molecule has 0 radical (unpaired) electrons. The molecule has 15 unspecified atom stereocenters. The fourth-order valence-electron chi connectivity index (χ4n) is 5.94. The van der Waals surface area contributed by atoms with Gasteiger partial charge in [0.25, 0.3) is 0 Å². The summed E-state index contributed by atoms with van der Waals surface area (Å²) >= 11 is 0. The summed E-state index contributed by atoms with van der Waals surface area (Å²) < 4.78 is 28.1. The zero-order valence-corrected chi connectivity index (χ0v) is 28.6. The monoisotopic (exact) mass is 730 g/mol. The lowest BCUT2D eigenvalue weighted by Gasteiger charge is -2.41. The van der Waals surface area contributed by atoms with Gasteiger partial charge in [-0.15, -0.1) is 0 Å². The van der Waals surface area contributed by atoms with Crippen molar-refractivity contribution in [3.63, 3.8) is 0 Å². The highest BCUT2D eigenvalue weighted by molar-refractivity contribution is 5.70. The molecular weight excluding hydrogens is 672 g/mol. The Kier molecular flexibility index (Phi) is 20.0. The highest BCUT2D eigenvalue weighted by atomic mass is 16.7. The maximum absolute atomic E-state index is 13.4. The van der Waals surface area contributed by atoms with Crippen LogP contribution in [0.1, 0.15) is 84.5 Å². The number of ether oxygens (including phenoxy) is 5. The number of aliphatic hydroxyl groups excluding tert-OH is 10. The Morgan fingerprint density at radius 2 is 1.18 bits per heavy atom. The van der Waals surface area contributed by atoms with E-state index in [1.165, 1.54) is 0 Å². The van der Waals surface area contributed by atoms with Crippen molar-refractivity contribution in [2.75, 3.05) is 13.2 Å². The van der Waals surface area contributed by atoms with Gasteiger partial charge in [0.05, 0.1) is 50.5 Å². The maximum Gasteiger partial charge on any atom is 0.308 e. The van der Waals surface area contributed by atoms with E-state index < -0.39 is 130 Å². The van der Waals surface area contributed by atoms with Gasteiger partial charge in [-0.25, -0.2) is 0 Å². The van der Waals surface area contributed by atoms with E-state index >= 15 is 0 Å². The van der Waals surface area contributed by atoms with Gasteiger partial charge in [0, 0.05) is 12.8 Å². The lowest BCUT2D eigenvalue weighted by molar-refractivity contribution is -0.313. The standard InChI is InChI=1S/C32H58O18/c1-3-4-5-9-18(11-20(12-23(37)38)48-32-30(45)28(43)26(41)22(15-34)50-32)46-24(39)13-19(10-17(36)8-6-7-16(2)35)47-31-29(44)27(42)25(40)21(14-33)49-31/h16-22,25-36,40-45H,3-15H2,1-2H3,(H,37,38). The van der Waals surface area contributed by atoms with Crippen LogP contribution < -0.4 is 0 Å². The van der Waals surface area contributed by atoms with Gasteiger partial charge in [0.15, 0.2) is 12.6 Å². The number of hydrogen-bond acceptors (Lipinski definition) is 17. The molecule has 0 amide bonds. The molecule has 0 aromatic rings. The molecule has 2 aliphatic heterocycles. The predicted octanol–water partition coefficient (Wildman–Crippen LogP) is -2.59. The zero-order chi connectivity index (χ0) is 37.5. The number of esters is 1. The number of carbonyl (C=O) groups excluding carboxylic acids is 1. The SMILES string of the molecule is CCCCCC(CC(CC(=O)O)OC1OC(CO)C(O)C(O)C1O)OC(=O)CC(CC(O)CCCC(C)O)OC1OC(CO)C(O)C(O)C1O. The average molecular weight is 731 g/mol. The zero-order valence-electron chi connectivity index (χ0n) is 28.6. The lowest BCUT2D eigenvalue weighted by atomic mass is 9.98. The normalized spacial score (nSPS) is 33.3. The van der Waals surface area contributed by atoms with Crippen LogP contribution in [0.3, 0.4) is 0 Å². The molecule has 2 fully saturated rings. The van der Waals surface area contributed by atoms with Crippen LogP contribution in [0.4, 0.5) is 0 Å². The molecule has 18 heteroatoms. The second kappa shape index (κ2) is 22.4. The third-order valence-electron chi connectivity index (χ3n) is 8.79. The van der Waals surface area contributed by atoms with Gasteiger partial charge in [-0.1, -0.05) is 19.8 Å². The quantitative estimate of drug-likeness (QED) is 0.0379. The van der Waals surface area contributed by atoms with Gasteiger partial charge < -0.3 is 79.9 Å². The van der Waals surface area contributed by atoms with Crippen LogP contribution in [0, 0.1) is 0 Å². The Labute approximate surface area is 291 Å². The van der Waals surface area contributed by atoms with E-state index in [0.717, 1.165) is 12.8 Å². The number of rotatable bonds is 23. The van der Waals surface area contributed by atoms with E-state index in [1.54, 1.807) is 6.92 Å². The van der Waals surface area contributed by atoms with Crippen molar-refractivity contribution in [1.29, 1.82) is 0 Å². The fraction of sp³-hybridized carbons (Fsp3) is 0.938.